The Balaban J connectivity index is 0.000000916. The summed E-state index contributed by atoms with van der Waals surface area (Å²) in [6.45, 7) is 12.3. The molecule has 0 aliphatic rings. The molecule has 1 heterocycles. The van der Waals surface area contributed by atoms with Gasteiger partial charge in [-0.2, -0.15) is 0 Å². The smallest absolute Gasteiger partial charge is 0.466 e. The molecule has 0 saturated carbocycles. The maximum absolute atomic E-state index is 8.88. The number of aromatic nitrogens is 1. The molecule has 1 aromatic carbocycles. The fourth-order valence-corrected chi connectivity index (χ4v) is 3.07. The van der Waals surface area contributed by atoms with Gasteiger partial charge in [0.05, 0.1) is 12.6 Å². The minimum absolute atomic E-state index is 0.437. The minimum atomic E-state index is -4.64. The van der Waals surface area contributed by atoms with E-state index in [4.69, 9.17) is 43.2 Å². The Morgan fingerprint density at radius 1 is 1.06 bits per heavy atom. The van der Waals surface area contributed by atoms with Gasteiger partial charge in [-0.25, -0.2) is 9.13 Å². The zero-order valence-electron chi connectivity index (χ0n) is 20.1. The predicted octanol–water partition coefficient (Wildman–Crippen LogP) is 2.62. The fourth-order valence-electron chi connectivity index (χ4n) is 3.07. The lowest BCUT2D eigenvalue weighted by Gasteiger charge is -2.21. The molecule has 0 amide bonds. The summed E-state index contributed by atoms with van der Waals surface area (Å²) < 4.78 is 23.1. The lowest BCUT2D eigenvalue weighted by atomic mass is 10.1. The summed E-state index contributed by atoms with van der Waals surface area (Å²) >= 11 is 0. The molecular weight excluding hydrogens is 488 g/mol. The number of rotatable bonds is 9. The molecule has 0 fully saturated rings. The first-order valence-electron chi connectivity index (χ1n) is 10.6. The van der Waals surface area contributed by atoms with Crippen molar-refractivity contribution in [3.63, 3.8) is 0 Å². The Hall–Kier alpha value is -1.59. The summed E-state index contributed by atoms with van der Waals surface area (Å²) in [6.07, 6.45) is 4.31. The average Bonchev–Trinajstić information content (AvgIpc) is 2.70. The van der Waals surface area contributed by atoms with Crippen molar-refractivity contribution in [2.24, 2.45) is 0 Å². The molecule has 1 unspecified atom stereocenters. The quantitative estimate of drug-likeness (QED) is 0.237. The van der Waals surface area contributed by atoms with Crippen LogP contribution in [-0.4, -0.2) is 72.0 Å². The monoisotopic (exact) mass is 525 g/mol. The second kappa shape index (κ2) is 15.4. The Morgan fingerprint density at radius 3 is 2.06 bits per heavy atom. The first-order chi connectivity index (χ1) is 15.6. The topological polar surface area (TPSA) is 193 Å². The number of nitrogens with zero attached hydrogens (tertiary/aromatic N) is 2. The number of nitrogens with one attached hydrogen (secondary N) is 1. The first kappa shape index (κ1) is 32.4. The molecule has 2 rings (SSSR count). The van der Waals surface area contributed by atoms with Gasteiger partial charge in [0.2, 0.25) is 0 Å². The highest BCUT2D eigenvalue weighted by Crippen LogP contribution is 2.29. The molecule has 196 valence electrons. The van der Waals surface area contributed by atoms with Crippen LogP contribution in [0.3, 0.4) is 0 Å². The molecule has 12 nitrogen and oxygen atoms in total. The lowest BCUT2D eigenvalue weighted by Crippen LogP contribution is -2.25. The molecule has 1 aromatic heterocycles. The van der Waals surface area contributed by atoms with E-state index < -0.39 is 15.6 Å². The highest BCUT2D eigenvalue weighted by Gasteiger charge is 2.11. The number of fused-ring (bicyclic) bond motifs is 1. The van der Waals surface area contributed by atoms with Crippen molar-refractivity contribution >= 4 is 32.2 Å². The van der Waals surface area contributed by atoms with Crippen LogP contribution in [-0.2, 0) is 9.13 Å². The number of methoxy groups -OCH3 is 1. The van der Waals surface area contributed by atoms with E-state index in [1.807, 2.05) is 18.3 Å². The zero-order valence-corrected chi connectivity index (χ0v) is 21.9. The van der Waals surface area contributed by atoms with Gasteiger partial charge in [-0.15, -0.1) is 0 Å². The Bertz CT molecular complexity index is 925. The largest absolute Gasteiger partial charge is 0.497 e. The van der Waals surface area contributed by atoms with E-state index in [1.54, 1.807) is 7.11 Å². The number of pyridine rings is 1. The number of anilines is 1. The van der Waals surface area contributed by atoms with Gasteiger partial charge in [-0.3, -0.25) is 4.98 Å². The van der Waals surface area contributed by atoms with Crippen molar-refractivity contribution in [1.82, 2.24) is 9.88 Å². The van der Waals surface area contributed by atoms with Crippen molar-refractivity contribution in [3.05, 3.63) is 30.0 Å². The maximum atomic E-state index is 8.88. The normalized spacial score (nSPS) is 12.4. The Morgan fingerprint density at radius 2 is 1.59 bits per heavy atom. The summed E-state index contributed by atoms with van der Waals surface area (Å²) in [5.41, 5.74) is 3.35. The molecule has 0 bridgehead atoms. The number of phosphoric acid groups is 2. The van der Waals surface area contributed by atoms with Gasteiger partial charge in [0.1, 0.15) is 5.75 Å². The third-order valence-corrected chi connectivity index (χ3v) is 4.66. The molecule has 0 radical (unpaired) electrons. The summed E-state index contributed by atoms with van der Waals surface area (Å²) in [5.74, 6) is 0.845. The summed E-state index contributed by atoms with van der Waals surface area (Å²) in [7, 11) is -7.59. The Labute approximate surface area is 200 Å². The van der Waals surface area contributed by atoms with E-state index in [2.05, 4.69) is 49.0 Å². The van der Waals surface area contributed by atoms with Crippen LogP contribution in [0.4, 0.5) is 5.69 Å². The van der Waals surface area contributed by atoms with Crippen molar-refractivity contribution < 1.29 is 43.2 Å². The van der Waals surface area contributed by atoms with Crippen LogP contribution in [0.5, 0.6) is 5.75 Å². The minimum Gasteiger partial charge on any atom is -0.497 e. The van der Waals surface area contributed by atoms with Crippen LogP contribution < -0.4 is 10.1 Å². The number of aryl methyl sites for hydroxylation is 1. The third-order valence-electron chi connectivity index (χ3n) is 4.66. The van der Waals surface area contributed by atoms with Gasteiger partial charge in [0, 0.05) is 29.4 Å². The van der Waals surface area contributed by atoms with Gasteiger partial charge in [-0.05, 0) is 64.0 Å². The third kappa shape index (κ3) is 16.1. The van der Waals surface area contributed by atoms with Crippen molar-refractivity contribution in [1.29, 1.82) is 0 Å². The van der Waals surface area contributed by atoms with Gasteiger partial charge < -0.3 is 44.3 Å². The number of hydrogen-bond acceptors (Lipinski definition) is 6. The highest BCUT2D eigenvalue weighted by atomic mass is 31.2. The van der Waals surface area contributed by atoms with Gasteiger partial charge in [-0.1, -0.05) is 13.8 Å². The second-order valence-electron chi connectivity index (χ2n) is 7.44. The van der Waals surface area contributed by atoms with Crippen LogP contribution in [0.1, 0.15) is 39.2 Å². The molecule has 14 heteroatoms. The summed E-state index contributed by atoms with van der Waals surface area (Å²) in [4.78, 5) is 50.1. The average molecular weight is 525 g/mol. The van der Waals surface area contributed by atoms with Crippen LogP contribution in [0, 0.1) is 6.92 Å². The van der Waals surface area contributed by atoms with Crippen molar-refractivity contribution in [2.45, 2.75) is 46.6 Å². The van der Waals surface area contributed by atoms with E-state index in [0.717, 1.165) is 36.2 Å². The molecule has 34 heavy (non-hydrogen) atoms. The van der Waals surface area contributed by atoms with Crippen LogP contribution >= 0.6 is 15.6 Å². The molecular formula is C20H37N3O9P2. The zero-order chi connectivity index (χ0) is 26.5. The van der Waals surface area contributed by atoms with Crippen LogP contribution in [0.25, 0.3) is 10.9 Å². The summed E-state index contributed by atoms with van der Waals surface area (Å²) in [5, 5.41) is 4.86. The van der Waals surface area contributed by atoms with Gasteiger partial charge >= 0.3 is 15.6 Å². The second-order valence-corrected chi connectivity index (χ2v) is 9.49. The number of benzene rings is 1. The molecule has 0 saturated heterocycles. The van der Waals surface area contributed by atoms with E-state index in [1.165, 1.54) is 24.2 Å². The predicted molar refractivity (Wildman–Crippen MR) is 132 cm³/mol. The molecule has 0 aliphatic carbocycles. The first-order valence-corrected chi connectivity index (χ1v) is 13.7. The number of hydrogen-bond donors (Lipinski definition) is 7. The van der Waals surface area contributed by atoms with Gasteiger partial charge in [0.15, 0.2) is 0 Å². The standard InChI is InChI=1S/C20H31N3O.2H3O4P/c1-6-23(7-2)12-8-9-16(4)22-20-15(3)14-21-19-13-17(24-5)10-11-18(19)20;2*1-5(2,3)4/h10-11,13-14,16H,6-9,12H2,1-5H3,(H,21,22);2*(H3,1,2,3,4). The lowest BCUT2D eigenvalue weighted by molar-refractivity contribution is 0.272. The maximum Gasteiger partial charge on any atom is 0.466 e. The van der Waals surface area contributed by atoms with Crippen LogP contribution in [0.2, 0.25) is 0 Å². The molecule has 2 aromatic rings. The molecule has 0 aliphatic heterocycles. The van der Waals surface area contributed by atoms with Crippen LogP contribution in [0.15, 0.2) is 24.4 Å². The van der Waals surface area contributed by atoms with E-state index in [-0.39, 0.29) is 0 Å². The molecule has 7 N–H and O–H groups in total. The fraction of sp³-hybridized carbons (Fsp3) is 0.550. The van der Waals surface area contributed by atoms with Gasteiger partial charge in [0.25, 0.3) is 0 Å². The molecule has 1 atom stereocenters. The van der Waals surface area contributed by atoms with Crippen molar-refractivity contribution in [2.75, 3.05) is 32.1 Å². The van der Waals surface area contributed by atoms with E-state index in [0.29, 0.717) is 6.04 Å². The number of ether oxygens (including phenoxy) is 1. The van der Waals surface area contributed by atoms with E-state index in [9.17, 15) is 0 Å². The summed E-state index contributed by atoms with van der Waals surface area (Å²) in [6, 6.07) is 6.52. The van der Waals surface area contributed by atoms with E-state index >= 15 is 0 Å². The molecule has 0 spiro atoms. The SMILES string of the molecule is CCN(CC)CCCC(C)Nc1c(C)cnc2cc(OC)ccc12.O=P(O)(O)O.O=P(O)(O)O. The Kier molecular flexibility index (Phi) is 14.7. The van der Waals surface area contributed by atoms with Crippen molar-refractivity contribution in [3.8, 4) is 5.75 Å². The highest BCUT2D eigenvalue weighted by molar-refractivity contribution is 7.45.